The number of ether oxygens (including phenoxy) is 1. The molecule has 1 saturated heterocycles. The first-order valence-corrected chi connectivity index (χ1v) is 7.38. The Labute approximate surface area is 124 Å². The standard InChI is InChI=1S/C13H14BrClN2O2/c14-6-1-2-7(9(15)5-6)13(18)17-11-10(16)8-3-4-19-12(8)11/h1-2,5,8,10-12H,3-4,16H2,(H,17,18). The van der Waals surface area contributed by atoms with Crippen LogP contribution in [0.25, 0.3) is 0 Å². The van der Waals surface area contributed by atoms with Gasteiger partial charge in [0.15, 0.2) is 0 Å². The summed E-state index contributed by atoms with van der Waals surface area (Å²) in [6, 6.07) is 5.05. The molecule has 0 spiro atoms. The predicted octanol–water partition coefficient (Wildman–Crippen LogP) is 1.95. The molecule has 0 radical (unpaired) electrons. The number of rotatable bonds is 2. The van der Waals surface area contributed by atoms with E-state index in [1.54, 1.807) is 18.2 Å². The van der Waals surface area contributed by atoms with Crippen LogP contribution in [0.1, 0.15) is 16.8 Å². The van der Waals surface area contributed by atoms with Gasteiger partial charge in [0.05, 0.1) is 22.7 Å². The summed E-state index contributed by atoms with van der Waals surface area (Å²) in [5, 5.41) is 3.35. The number of carbonyl (C=O) groups is 1. The zero-order valence-corrected chi connectivity index (χ0v) is 12.4. The van der Waals surface area contributed by atoms with Crippen LogP contribution >= 0.6 is 27.5 Å². The highest BCUT2D eigenvalue weighted by atomic mass is 79.9. The zero-order chi connectivity index (χ0) is 13.6. The van der Waals surface area contributed by atoms with Crippen LogP contribution in [0.3, 0.4) is 0 Å². The van der Waals surface area contributed by atoms with Gasteiger partial charge in [0.25, 0.3) is 5.91 Å². The lowest BCUT2D eigenvalue weighted by atomic mass is 9.72. The maximum Gasteiger partial charge on any atom is 0.253 e. The second-order valence-electron chi connectivity index (χ2n) is 4.99. The Morgan fingerprint density at radius 1 is 1.53 bits per heavy atom. The van der Waals surface area contributed by atoms with Gasteiger partial charge in [-0.2, -0.15) is 0 Å². The molecule has 1 aliphatic carbocycles. The molecular weight excluding hydrogens is 332 g/mol. The van der Waals surface area contributed by atoms with Crippen molar-refractivity contribution < 1.29 is 9.53 Å². The van der Waals surface area contributed by atoms with E-state index in [4.69, 9.17) is 22.1 Å². The maximum atomic E-state index is 12.2. The van der Waals surface area contributed by atoms with E-state index in [9.17, 15) is 4.79 Å². The third-order valence-corrected chi connectivity index (χ3v) is 4.73. The maximum absolute atomic E-state index is 12.2. The lowest BCUT2D eigenvalue weighted by Gasteiger charge is -2.45. The van der Waals surface area contributed by atoms with Gasteiger partial charge in [-0.3, -0.25) is 4.79 Å². The van der Waals surface area contributed by atoms with Crippen molar-refractivity contribution in [1.82, 2.24) is 5.32 Å². The van der Waals surface area contributed by atoms with Crippen LogP contribution in [-0.2, 0) is 4.74 Å². The Morgan fingerprint density at radius 3 is 3.05 bits per heavy atom. The van der Waals surface area contributed by atoms with Crippen LogP contribution in [0, 0.1) is 5.92 Å². The van der Waals surface area contributed by atoms with Gasteiger partial charge in [-0.05, 0) is 24.6 Å². The van der Waals surface area contributed by atoms with Crippen LogP contribution in [0.4, 0.5) is 0 Å². The van der Waals surface area contributed by atoms with Crippen molar-refractivity contribution in [2.24, 2.45) is 11.7 Å². The van der Waals surface area contributed by atoms with E-state index in [-0.39, 0.29) is 24.1 Å². The molecule has 1 saturated carbocycles. The summed E-state index contributed by atoms with van der Waals surface area (Å²) in [5.74, 6) is 0.178. The minimum atomic E-state index is -0.202. The fourth-order valence-corrected chi connectivity index (χ4v) is 3.59. The van der Waals surface area contributed by atoms with Gasteiger partial charge in [-0.1, -0.05) is 27.5 Å². The molecule has 6 heteroatoms. The van der Waals surface area contributed by atoms with Crippen molar-refractivity contribution in [3.05, 3.63) is 33.3 Å². The summed E-state index contributed by atoms with van der Waals surface area (Å²) in [6.07, 6.45) is 1.05. The fraction of sp³-hybridized carbons (Fsp3) is 0.462. The summed E-state index contributed by atoms with van der Waals surface area (Å²) in [7, 11) is 0. The van der Waals surface area contributed by atoms with Gasteiger partial charge in [0, 0.05) is 23.0 Å². The van der Waals surface area contributed by atoms with Crippen molar-refractivity contribution in [2.45, 2.75) is 24.6 Å². The van der Waals surface area contributed by atoms with E-state index in [2.05, 4.69) is 21.2 Å². The van der Waals surface area contributed by atoms with Crippen LogP contribution in [0.15, 0.2) is 22.7 Å². The Hall–Kier alpha value is -0.620. The van der Waals surface area contributed by atoms with Crippen LogP contribution in [0.2, 0.25) is 5.02 Å². The number of benzene rings is 1. The highest BCUT2D eigenvalue weighted by Crippen LogP contribution is 2.38. The minimum Gasteiger partial charge on any atom is -0.376 e. The van der Waals surface area contributed by atoms with Gasteiger partial charge in [0.1, 0.15) is 0 Å². The average molecular weight is 346 g/mol. The van der Waals surface area contributed by atoms with Gasteiger partial charge >= 0.3 is 0 Å². The highest BCUT2D eigenvalue weighted by molar-refractivity contribution is 9.10. The number of nitrogens with two attached hydrogens (primary N) is 1. The summed E-state index contributed by atoms with van der Waals surface area (Å²) in [5.41, 5.74) is 6.52. The van der Waals surface area contributed by atoms with E-state index in [0.717, 1.165) is 17.5 Å². The molecule has 1 aromatic rings. The smallest absolute Gasteiger partial charge is 0.253 e. The third kappa shape index (κ3) is 2.29. The largest absolute Gasteiger partial charge is 0.376 e. The molecular formula is C13H14BrClN2O2. The molecule has 2 aliphatic rings. The molecule has 1 heterocycles. The average Bonchev–Trinajstić information content (AvgIpc) is 2.80. The topological polar surface area (TPSA) is 64.3 Å². The van der Waals surface area contributed by atoms with Crippen LogP contribution in [-0.4, -0.2) is 30.7 Å². The first-order chi connectivity index (χ1) is 9.08. The van der Waals surface area contributed by atoms with E-state index < -0.39 is 0 Å². The molecule has 0 aromatic heterocycles. The Balaban J connectivity index is 1.71. The predicted molar refractivity (Wildman–Crippen MR) is 76.2 cm³/mol. The molecule has 0 bridgehead atoms. The van der Waals surface area contributed by atoms with Crippen molar-refractivity contribution in [1.29, 1.82) is 0 Å². The van der Waals surface area contributed by atoms with Crippen molar-refractivity contribution in [3.8, 4) is 0 Å². The molecule has 19 heavy (non-hydrogen) atoms. The minimum absolute atomic E-state index is 0.0225. The molecule has 1 aromatic carbocycles. The number of fused-ring (bicyclic) bond motifs is 1. The summed E-state index contributed by atoms with van der Waals surface area (Å²) < 4.78 is 6.43. The highest BCUT2D eigenvalue weighted by Gasteiger charge is 2.52. The number of amides is 1. The van der Waals surface area contributed by atoms with E-state index >= 15 is 0 Å². The first kappa shape index (κ1) is 13.4. The molecule has 1 amide bonds. The summed E-state index contributed by atoms with van der Waals surface area (Å²) >= 11 is 9.37. The Morgan fingerprint density at radius 2 is 2.32 bits per heavy atom. The Bertz CT molecular complexity index is 525. The normalized spacial score (nSPS) is 32.6. The number of carbonyl (C=O) groups excluding carboxylic acids is 1. The van der Waals surface area contributed by atoms with Gasteiger partial charge in [-0.15, -0.1) is 0 Å². The second-order valence-corrected chi connectivity index (χ2v) is 6.31. The van der Waals surface area contributed by atoms with Crippen molar-refractivity contribution in [3.63, 3.8) is 0 Å². The summed E-state index contributed by atoms with van der Waals surface area (Å²) in [4.78, 5) is 12.2. The molecule has 1 aliphatic heterocycles. The van der Waals surface area contributed by atoms with E-state index in [1.807, 2.05) is 0 Å². The molecule has 4 atom stereocenters. The van der Waals surface area contributed by atoms with Crippen LogP contribution < -0.4 is 11.1 Å². The number of hydrogen-bond acceptors (Lipinski definition) is 3. The summed E-state index contributed by atoms with van der Waals surface area (Å²) in [6.45, 7) is 0.731. The van der Waals surface area contributed by atoms with Gasteiger partial charge in [0.2, 0.25) is 0 Å². The molecule has 4 unspecified atom stereocenters. The van der Waals surface area contributed by atoms with Crippen molar-refractivity contribution in [2.75, 3.05) is 6.61 Å². The quantitative estimate of drug-likeness (QED) is 0.861. The Kier molecular flexibility index (Phi) is 3.55. The number of halogens is 2. The van der Waals surface area contributed by atoms with E-state index in [1.165, 1.54) is 0 Å². The number of nitrogens with one attached hydrogen (secondary N) is 1. The first-order valence-electron chi connectivity index (χ1n) is 6.21. The SMILES string of the molecule is NC1C2CCOC2C1NC(=O)c1ccc(Br)cc1Cl. The monoisotopic (exact) mass is 344 g/mol. The number of hydrogen-bond donors (Lipinski definition) is 2. The second kappa shape index (κ2) is 5.05. The molecule has 3 rings (SSSR count). The molecule has 102 valence electrons. The van der Waals surface area contributed by atoms with Crippen LogP contribution in [0.5, 0.6) is 0 Å². The third-order valence-electron chi connectivity index (χ3n) is 3.92. The lowest BCUT2D eigenvalue weighted by Crippen LogP contribution is -2.68. The lowest BCUT2D eigenvalue weighted by molar-refractivity contribution is -0.0161. The molecule has 2 fully saturated rings. The van der Waals surface area contributed by atoms with Gasteiger partial charge < -0.3 is 15.8 Å². The molecule has 4 nitrogen and oxygen atoms in total. The zero-order valence-electron chi connectivity index (χ0n) is 10.1. The van der Waals surface area contributed by atoms with Crippen molar-refractivity contribution >= 4 is 33.4 Å². The molecule has 3 N–H and O–H groups in total. The fourth-order valence-electron chi connectivity index (χ4n) is 2.83. The van der Waals surface area contributed by atoms with Gasteiger partial charge in [-0.25, -0.2) is 0 Å². The van der Waals surface area contributed by atoms with E-state index in [0.29, 0.717) is 16.5 Å².